The second-order valence-corrected chi connectivity index (χ2v) is 7.72. The van der Waals surface area contributed by atoms with E-state index in [9.17, 15) is 9.59 Å². The third-order valence-electron chi connectivity index (χ3n) is 5.90. The second kappa shape index (κ2) is 8.68. The number of para-hydroxylation sites is 1. The first-order valence-electron chi connectivity index (χ1n) is 10.6. The smallest absolute Gasteiger partial charge is 0.320 e. The van der Waals surface area contributed by atoms with E-state index in [2.05, 4.69) is 5.10 Å². The van der Waals surface area contributed by atoms with E-state index < -0.39 is 0 Å². The number of carbonyl (C=O) groups is 2. The number of rotatable bonds is 3. The third kappa shape index (κ3) is 3.99. The number of aromatic nitrogens is 2. The zero-order valence-corrected chi connectivity index (χ0v) is 17.1. The molecule has 0 N–H and O–H groups in total. The normalized spacial score (nSPS) is 17.5. The summed E-state index contributed by atoms with van der Waals surface area (Å²) in [5, 5.41) is 4.48. The Balaban J connectivity index is 1.42. The zero-order chi connectivity index (χ0) is 20.2. The van der Waals surface area contributed by atoms with Crippen LogP contribution in [-0.2, 0) is 6.42 Å². The van der Waals surface area contributed by atoms with Gasteiger partial charge in [-0.1, -0.05) is 25.1 Å². The summed E-state index contributed by atoms with van der Waals surface area (Å²) < 4.78 is 1.85. The van der Waals surface area contributed by atoms with Crippen molar-refractivity contribution in [1.29, 1.82) is 0 Å². The van der Waals surface area contributed by atoms with E-state index in [1.807, 2.05) is 56.6 Å². The summed E-state index contributed by atoms with van der Waals surface area (Å²) in [6.45, 7) is 6.08. The average Bonchev–Trinajstić information content (AvgIpc) is 3.23. The molecule has 29 heavy (non-hydrogen) atoms. The van der Waals surface area contributed by atoms with Crippen molar-refractivity contribution in [2.75, 3.05) is 39.3 Å². The summed E-state index contributed by atoms with van der Waals surface area (Å²) in [5.74, 6) is 0.00843. The van der Waals surface area contributed by atoms with Crippen LogP contribution in [0.25, 0.3) is 5.69 Å². The van der Waals surface area contributed by atoms with Gasteiger partial charge in [-0.05, 0) is 37.8 Å². The zero-order valence-electron chi connectivity index (χ0n) is 17.1. The monoisotopic (exact) mass is 395 g/mol. The van der Waals surface area contributed by atoms with E-state index >= 15 is 0 Å². The fourth-order valence-corrected chi connectivity index (χ4v) is 4.24. The van der Waals surface area contributed by atoms with Gasteiger partial charge in [-0.2, -0.15) is 5.10 Å². The minimum Gasteiger partial charge on any atom is -0.335 e. The first kappa shape index (κ1) is 19.5. The highest BCUT2D eigenvalue weighted by Crippen LogP contribution is 2.19. The molecule has 0 aliphatic carbocycles. The van der Waals surface area contributed by atoms with Crippen molar-refractivity contribution in [3.63, 3.8) is 0 Å². The minimum absolute atomic E-state index is 0.00843. The van der Waals surface area contributed by atoms with Gasteiger partial charge >= 0.3 is 6.03 Å². The summed E-state index contributed by atoms with van der Waals surface area (Å²) in [6.07, 6.45) is 5.80. The lowest BCUT2D eigenvalue weighted by atomic mass is 10.1. The molecule has 0 unspecified atom stereocenters. The molecule has 2 saturated heterocycles. The van der Waals surface area contributed by atoms with Gasteiger partial charge in [-0.25, -0.2) is 9.48 Å². The summed E-state index contributed by atoms with van der Waals surface area (Å²) in [4.78, 5) is 31.6. The van der Waals surface area contributed by atoms with Crippen LogP contribution in [-0.4, -0.2) is 75.7 Å². The molecule has 4 rings (SSSR count). The number of piperidine rings is 1. The molecule has 7 heteroatoms. The topological polar surface area (TPSA) is 61.7 Å². The fraction of sp³-hybridized carbons (Fsp3) is 0.500. The standard InChI is InChI=1S/C22H29N5O2/c1-2-20-19(17-23-27(20)18-9-5-3-6-10-18)21(28)24-13-15-26(16-14-24)22(29)25-11-7-4-8-12-25/h3,5-6,9-10,17H,2,4,7-8,11-16H2,1H3. The van der Waals surface area contributed by atoms with Crippen molar-refractivity contribution < 1.29 is 9.59 Å². The number of hydrogen-bond acceptors (Lipinski definition) is 3. The Bertz CT molecular complexity index is 849. The molecule has 3 amide bonds. The molecule has 0 saturated carbocycles. The van der Waals surface area contributed by atoms with Crippen LogP contribution in [0.2, 0.25) is 0 Å². The van der Waals surface area contributed by atoms with Crippen LogP contribution in [0.3, 0.4) is 0 Å². The Morgan fingerprint density at radius 2 is 1.48 bits per heavy atom. The van der Waals surface area contributed by atoms with E-state index in [0.29, 0.717) is 31.7 Å². The third-order valence-corrected chi connectivity index (χ3v) is 5.90. The minimum atomic E-state index is 0.00843. The average molecular weight is 396 g/mol. The van der Waals surface area contributed by atoms with E-state index in [-0.39, 0.29) is 11.9 Å². The van der Waals surface area contributed by atoms with Gasteiger partial charge in [-0.15, -0.1) is 0 Å². The number of nitrogens with zero attached hydrogens (tertiary/aromatic N) is 5. The quantitative estimate of drug-likeness (QED) is 0.803. The lowest BCUT2D eigenvalue weighted by Gasteiger charge is -2.38. The number of carbonyl (C=O) groups excluding carboxylic acids is 2. The molecule has 2 aliphatic rings. The number of hydrogen-bond donors (Lipinski definition) is 0. The van der Waals surface area contributed by atoms with Gasteiger partial charge < -0.3 is 14.7 Å². The van der Waals surface area contributed by atoms with Crippen LogP contribution in [0.4, 0.5) is 4.79 Å². The van der Waals surface area contributed by atoms with Gasteiger partial charge in [0.2, 0.25) is 0 Å². The molecule has 0 radical (unpaired) electrons. The van der Waals surface area contributed by atoms with E-state index in [1.165, 1.54) is 6.42 Å². The molecule has 0 bridgehead atoms. The molecule has 0 atom stereocenters. The second-order valence-electron chi connectivity index (χ2n) is 7.72. The van der Waals surface area contributed by atoms with Gasteiger partial charge in [0.1, 0.15) is 0 Å². The Kier molecular flexibility index (Phi) is 5.83. The van der Waals surface area contributed by atoms with Crippen molar-refractivity contribution in [2.24, 2.45) is 0 Å². The maximum Gasteiger partial charge on any atom is 0.320 e. The van der Waals surface area contributed by atoms with Crippen molar-refractivity contribution in [3.05, 3.63) is 47.8 Å². The van der Waals surface area contributed by atoms with E-state index in [4.69, 9.17) is 0 Å². The molecule has 154 valence electrons. The Morgan fingerprint density at radius 1 is 0.862 bits per heavy atom. The Hall–Kier alpha value is -2.83. The van der Waals surface area contributed by atoms with Crippen LogP contribution < -0.4 is 0 Å². The Labute approximate surface area is 171 Å². The van der Waals surface area contributed by atoms with Gasteiger partial charge in [0.25, 0.3) is 5.91 Å². The number of piperazine rings is 1. The first-order chi connectivity index (χ1) is 14.2. The predicted molar refractivity (Wildman–Crippen MR) is 111 cm³/mol. The van der Waals surface area contributed by atoms with Crippen LogP contribution in [0.1, 0.15) is 42.2 Å². The van der Waals surface area contributed by atoms with Crippen molar-refractivity contribution >= 4 is 11.9 Å². The van der Waals surface area contributed by atoms with Crippen molar-refractivity contribution in [1.82, 2.24) is 24.5 Å². The number of benzene rings is 1. The highest BCUT2D eigenvalue weighted by molar-refractivity contribution is 5.95. The fourth-order valence-electron chi connectivity index (χ4n) is 4.24. The van der Waals surface area contributed by atoms with Crippen LogP contribution >= 0.6 is 0 Å². The van der Waals surface area contributed by atoms with E-state index in [0.717, 1.165) is 43.7 Å². The molecular weight excluding hydrogens is 366 g/mol. The highest BCUT2D eigenvalue weighted by atomic mass is 16.2. The molecule has 3 heterocycles. The summed E-state index contributed by atoms with van der Waals surface area (Å²) in [6, 6.07) is 10.0. The maximum absolute atomic E-state index is 13.2. The largest absolute Gasteiger partial charge is 0.335 e. The highest BCUT2D eigenvalue weighted by Gasteiger charge is 2.29. The van der Waals surface area contributed by atoms with Crippen molar-refractivity contribution in [2.45, 2.75) is 32.6 Å². The predicted octanol–water partition coefficient (Wildman–Crippen LogP) is 2.80. The SMILES string of the molecule is CCc1c(C(=O)N2CCN(C(=O)N3CCCCC3)CC2)cnn1-c1ccccc1. The molecule has 2 aliphatic heterocycles. The molecule has 2 fully saturated rings. The van der Waals surface area contributed by atoms with Gasteiger partial charge in [0.15, 0.2) is 0 Å². The lowest BCUT2D eigenvalue weighted by molar-refractivity contribution is 0.0632. The number of amides is 3. The number of likely N-dealkylation sites (tertiary alicyclic amines) is 1. The molecule has 1 aromatic carbocycles. The maximum atomic E-state index is 13.2. The Morgan fingerprint density at radius 3 is 2.14 bits per heavy atom. The van der Waals surface area contributed by atoms with Crippen LogP contribution in [0.15, 0.2) is 36.5 Å². The first-order valence-corrected chi connectivity index (χ1v) is 10.6. The summed E-state index contributed by atoms with van der Waals surface area (Å²) >= 11 is 0. The van der Waals surface area contributed by atoms with Crippen LogP contribution in [0.5, 0.6) is 0 Å². The summed E-state index contributed by atoms with van der Waals surface area (Å²) in [5.41, 5.74) is 2.54. The van der Waals surface area contributed by atoms with Crippen LogP contribution in [0, 0.1) is 0 Å². The molecule has 7 nitrogen and oxygen atoms in total. The van der Waals surface area contributed by atoms with Gasteiger partial charge in [0.05, 0.1) is 23.1 Å². The molecular formula is C22H29N5O2. The number of urea groups is 1. The van der Waals surface area contributed by atoms with Gasteiger partial charge in [-0.3, -0.25) is 4.79 Å². The lowest BCUT2D eigenvalue weighted by Crippen LogP contribution is -2.54. The van der Waals surface area contributed by atoms with Gasteiger partial charge in [0, 0.05) is 39.3 Å². The van der Waals surface area contributed by atoms with E-state index in [1.54, 1.807) is 6.20 Å². The molecule has 0 spiro atoms. The van der Waals surface area contributed by atoms with Crippen molar-refractivity contribution in [3.8, 4) is 5.69 Å². The molecule has 1 aromatic heterocycles. The summed E-state index contributed by atoms with van der Waals surface area (Å²) in [7, 11) is 0. The molecule has 2 aromatic rings.